The second-order valence-corrected chi connectivity index (χ2v) is 4.90. The van der Waals surface area contributed by atoms with Crippen LogP contribution in [0.1, 0.15) is 5.56 Å². The van der Waals surface area contributed by atoms with Crippen LogP contribution in [0.4, 0.5) is 10.5 Å². The molecule has 2 amide bonds. The lowest BCUT2D eigenvalue weighted by Gasteiger charge is -2.08. The topological polar surface area (TPSA) is 81.6 Å². The molecule has 21 heavy (non-hydrogen) atoms. The van der Waals surface area contributed by atoms with Crippen LogP contribution in [0.5, 0.6) is 11.5 Å². The smallest absolute Gasteiger partial charge is 0.319 e. The summed E-state index contributed by atoms with van der Waals surface area (Å²) in [6, 6.07) is 11.1. The fourth-order valence-corrected chi connectivity index (χ4v) is 1.98. The second kappa shape index (κ2) is 6.85. The summed E-state index contributed by atoms with van der Waals surface area (Å²) in [5.41, 5.74) is 1.43. The molecule has 0 aliphatic carbocycles. The Bertz CT molecular complexity index is 647. The SMILES string of the molecule is O=C(NCCc1ccc(O)c(O)c1)Nc1cccc(Cl)c1. The molecule has 0 aliphatic heterocycles. The van der Waals surface area contributed by atoms with Crippen molar-refractivity contribution in [2.45, 2.75) is 6.42 Å². The highest BCUT2D eigenvalue weighted by atomic mass is 35.5. The first-order valence-corrected chi connectivity index (χ1v) is 6.73. The van der Waals surface area contributed by atoms with E-state index in [-0.39, 0.29) is 17.5 Å². The number of phenols is 2. The molecular formula is C15H15ClN2O3. The molecule has 2 aromatic rings. The third-order valence-corrected chi connectivity index (χ3v) is 3.06. The highest BCUT2D eigenvalue weighted by molar-refractivity contribution is 6.30. The van der Waals surface area contributed by atoms with Gasteiger partial charge in [-0.05, 0) is 42.3 Å². The van der Waals surface area contributed by atoms with Crippen LogP contribution in [0, 0.1) is 0 Å². The monoisotopic (exact) mass is 306 g/mol. The number of carbonyl (C=O) groups excluding carboxylic acids is 1. The summed E-state index contributed by atoms with van der Waals surface area (Å²) < 4.78 is 0. The van der Waals surface area contributed by atoms with Gasteiger partial charge in [0.1, 0.15) is 0 Å². The summed E-state index contributed by atoms with van der Waals surface area (Å²) in [7, 11) is 0. The maximum absolute atomic E-state index is 11.7. The van der Waals surface area contributed by atoms with Gasteiger partial charge in [-0.1, -0.05) is 23.7 Å². The Kier molecular flexibility index (Phi) is 4.90. The summed E-state index contributed by atoms with van der Waals surface area (Å²) >= 11 is 5.82. The van der Waals surface area contributed by atoms with Crippen molar-refractivity contribution in [2.75, 3.05) is 11.9 Å². The van der Waals surface area contributed by atoms with Crippen LogP contribution in [-0.4, -0.2) is 22.8 Å². The van der Waals surface area contributed by atoms with E-state index in [1.165, 1.54) is 12.1 Å². The van der Waals surface area contributed by atoms with Crippen molar-refractivity contribution in [2.24, 2.45) is 0 Å². The molecule has 0 unspecified atom stereocenters. The van der Waals surface area contributed by atoms with Crippen LogP contribution in [0.15, 0.2) is 42.5 Å². The quantitative estimate of drug-likeness (QED) is 0.655. The minimum Gasteiger partial charge on any atom is -0.504 e. The van der Waals surface area contributed by atoms with Gasteiger partial charge in [0, 0.05) is 17.3 Å². The van der Waals surface area contributed by atoms with Crippen molar-refractivity contribution in [1.82, 2.24) is 5.32 Å². The Morgan fingerprint density at radius 1 is 1.10 bits per heavy atom. The number of nitrogens with one attached hydrogen (secondary N) is 2. The summed E-state index contributed by atoms with van der Waals surface area (Å²) in [6.07, 6.45) is 0.538. The Balaban J connectivity index is 1.80. The molecule has 6 heteroatoms. The number of carbonyl (C=O) groups is 1. The molecule has 5 nitrogen and oxygen atoms in total. The number of rotatable bonds is 4. The zero-order valence-corrected chi connectivity index (χ0v) is 11.9. The van der Waals surface area contributed by atoms with Crippen LogP contribution in [-0.2, 0) is 6.42 Å². The lowest BCUT2D eigenvalue weighted by molar-refractivity contribution is 0.252. The number of halogens is 1. The molecule has 0 bridgehead atoms. The van der Waals surface area contributed by atoms with E-state index in [0.29, 0.717) is 23.7 Å². The molecule has 0 aliphatic rings. The summed E-state index contributed by atoms with van der Waals surface area (Å²) in [4.78, 5) is 11.7. The minimum absolute atomic E-state index is 0.162. The van der Waals surface area contributed by atoms with Gasteiger partial charge in [0.15, 0.2) is 11.5 Å². The van der Waals surface area contributed by atoms with Gasteiger partial charge in [-0.15, -0.1) is 0 Å². The molecule has 0 heterocycles. The molecular weight excluding hydrogens is 292 g/mol. The average Bonchev–Trinajstić information content (AvgIpc) is 2.43. The second-order valence-electron chi connectivity index (χ2n) is 4.46. The van der Waals surface area contributed by atoms with Crippen LogP contribution in [0.25, 0.3) is 0 Å². The van der Waals surface area contributed by atoms with Gasteiger partial charge in [-0.25, -0.2) is 4.79 Å². The van der Waals surface area contributed by atoms with Crippen molar-refractivity contribution >= 4 is 23.3 Å². The van der Waals surface area contributed by atoms with Crippen molar-refractivity contribution < 1.29 is 15.0 Å². The van der Waals surface area contributed by atoms with Gasteiger partial charge in [-0.2, -0.15) is 0 Å². The maximum atomic E-state index is 11.7. The molecule has 0 aromatic heterocycles. The van der Waals surface area contributed by atoms with E-state index in [1.54, 1.807) is 30.3 Å². The lowest BCUT2D eigenvalue weighted by Crippen LogP contribution is -2.30. The van der Waals surface area contributed by atoms with E-state index in [0.717, 1.165) is 5.56 Å². The van der Waals surface area contributed by atoms with E-state index in [9.17, 15) is 15.0 Å². The molecule has 110 valence electrons. The minimum atomic E-state index is -0.333. The first-order chi connectivity index (χ1) is 10.0. The summed E-state index contributed by atoms with van der Waals surface area (Å²) in [5.74, 6) is -0.332. The van der Waals surface area contributed by atoms with Gasteiger partial charge in [0.25, 0.3) is 0 Å². The van der Waals surface area contributed by atoms with Gasteiger partial charge in [0.2, 0.25) is 0 Å². The van der Waals surface area contributed by atoms with E-state index in [2.05, 4.69) is 10.6 Å². The average molecular weight is 307 g/mol. The number of anilines is 1. The summed E-state index contributed by atoms with van der Waals surface area (Å²) in [6.45, 7) is 0.399. The Morgan fingerprint density at radius 2 is 1.90 bits per heavy atom. The molecule has 0 fully saturated rings. The predicted octanol–water partition coefficient (Wildman–Crippen LogP) is 3.12. The van der Waals surface area contributed by atoms with Crippen molar-refractivity contribution in [3.63, 3.8) is 0 Å². The van der Waals surface area contributed by atoms with E-state index >= 15 is 0 Å². The predicted molar refractivity (Wildman–Crippen MR) is 81.9 cm³/mol. The van der Waals surface area contributed by atoms with Gasteiger partial charge >= 0.3 is 6.03 Å². The molecule has 2 rings (SSSR count). The van der Waals surface area contributed by atoms with E-state index in [4.69, 9.17) is 11.6 Å². The van der Waals surface area contributed by atoms with Crippen LogP contribution < -0.4 is 10.6 Å². The Hall–Kier alpha value is -2.40. The first kappa shape index (κ1) is 15.0. The van der Waals surface area contributed by atoms with Gasteiger partial charge in [-0.3, -0.25) is 0 Å². The molecule has 0 atom stereocenters. The number of benzene rings is 2. The zero-order valence-electron chi connectivity index (χ0n) is 11.1. The number of urea groups is 1. The van der Waals surface area contributed by atoms with E-state index < -0.39 is 0 Å². The number of hydrogen-bond donors (Lipinski definition) is 4. The third kappa shape index (κ3) is 4.57. The highest BCUT2D eigenvalue weighted by Crippen LogP contribution is 2.24. The van der Waals surface area contributed by atoms with Crippen molar-refractivity contribution in [1.29, 1.82) is 0 Å². The molecule has 0 saturated heterocycles. The zero-order chi connectivity index (χ0) is 15.2. The van der Waals surface area contributed by atoms with E-state index in [1.807, 2.05) is 0 Å². The van der Waals surface area contributed by atoms with Crippen LogP contribution in [0.2, 0.25) is 5.02 Å². The summed E-state index contributed by atoms with van der Waals surface area (Å²) in [5, 5.41) is 24.5. The molecule has 0 saturated carbocycles. The standard InChI is InChI=1S/C15H15ClN2O3/c16-11-2-1-3-12(9-11)18-15(21)17-7-6-10-4-5-13(19)14(20)8-10/h1-5,8-9,19-20H,6-7H2,(H2,17,18,21). The van der Waals surface area contributed by atoms with Crippen molar-refractivity contribution in [3.05, 3.63) is 53.1 Å². The third-order valence-electron chi connectivity index (χ3n) is 2.82. The largest absolute Gasteiger partial charge is 0.504 e. The van der Waals surface area contributed by atoms with Crippen molar-refractivity contribution in [3.8, 4) is 11.5 Å². The molecule has 0 spiro atoms. The molecule has 4 N–H and O–H groups in total. The van der Waals surface area contributed by atoms with Gasteiger partial charge in [0.05, 0.1) is 0 Å². The number of aromatic hydroxyl groups is 2. The molecule has 0 radical (unpaired) electrons. The maximum Gasteiger partial charge on any atom is 0.319 e. The highest BCUT2D eigenvalue weighted by Gasteiger charge is 2.03. The fourth-order valence-electron chi connectivity index (χ4n) is 1.79. The van der Waals surface area contributed by atoms with Crippen LogP contribution >= 0.6 is 11.6 Å². The Morgan fingerprint density at radius 3 is 2.62 bits per heavy atom. The molecule has 2 aromatic carbocycles. The number of phenolic OH excluding ortho intramolecular Hbond substituents is 2. The first-order valence-electron chi connectivity index (χ1n) is 6.36. The number of amides is 2. The number of hydrogen-bond acceptors (Lipinski definition) is 3. The van der Waals surface area contributed by atoms with Gasteiger partial charge < -0.3 is 20.8 Å². The lowest BCUT2D eigenvalue weighted by atomic mass is 10.1. The van der Waals surface area contributed by atoms with Crippen LogP contribution in [0.3, 0.4) is 0 Å². The Labute approximate surface area is 127 Å². The normalized spacial score (nSPS) is 10.1. The fraction of sp³-hybridized carbons (Fsp3) is 0.133.